The van der Waals surface area contributed by atoms with Crippen molar-refractivity contribution >= 4 is 64.7 Å². The molecular formula is C22H27Cl4N3O4. The number of carbonyl (C=O) groups is 2. The van der Waals surface area contributed by atoms with E-state index in [1.165, 1.54) is 19.2 Å². The van der Waals surface area contributed by atoms with E-state index in [9.17, 15) is 9.59 Å². The van der Waals surface area contributed by atoms with Crippen LogP contribution in [0.15, 0.2) is 30.3 Å². The van der Waals surface area contributed by atoms with Gasteiger partial charge in [-0.15, -0.1) is 12.4 Å². The standard InChI is InChI=1S/C22H26Cl3N3O4.ClH/c1-4-28(5-2)10-9-26-22(30)14-11-16(24)17(12-19(14)31-3)27-20(29)13-32-18-8-6-7-15(23)21(18)25;/h6-8,11-12H,4-5,9-10,13H2,1-3H3,(H,26,30)(H,27,29);1H. The quantitative estimate of drug-likeness (QED) is 0.412. The first-order chi connectivity index (χ1) is 15.3. The van der Waals surface area contributed by atoms with Crippen molar-refractivity contribution in [2.75, 3.05) is 45.2 Å². The first-order valence-electron chi connectivity index (χ1n) is 10.0. The largest absolute Gasteiger partial charge is 0.496 e. The van der Waals surface area contributed by atoms with Gasteiger partial charge in [0.25, 0.3) is 11.8 Å². The van der Waals surface area contributed by atoms with Crippen molar-refractivity contribution in [3.63, 3.8) is 0 Å². The molecule has 0 saturated heterocycles. The molecule has 0 aliphatic rings. The van der Waals surface area contributed by atoms with Gasteiger partial charge in [-0.2, -0.15) is 0 Å². The number of anilines is 1. The highest BCUT2D eigenvalue weighted by molar-refractivity contribution is 6.42. The van der Waals surface area contributed by atoms with E-state index >= 15 is 0 Å². The van der Waals surface area contributed by atoms with Crippen LogP contribution in [-0.2, 0) is 4.79 Å². The minimum absolute atomic E-state index is 0. The van der Waals surface area contributed by atoms with E-state index in [-0.39, 0.29) is 57.7 Å². The molecule has 11 heteroatoms. The minimum Gasteiger partial charge on any atom is -0.496 e. The Morgan fingerprint density at radius 2 is 1.73 bits per heavy atom. The lowest BCUT2D eigenvalue weighted by molar-refractivity contribution is -0.118. The third-order valence-electron chi connectivity index (χ3n) is 4.69. The predicted molar refractivity (Wildman–Crippen MR) is 136 cm³/mol. The Labute approximate surface area is 215 Å². The minimum atomic E-state index is -0.471. The summed E-state index contributed by atoms with van der Waals surface area (Å²) < 4.78 is 10.7. The molecule has 0 atom stereocenters. The van der Waals surface area contributed by atoms with E-state index in [1.54, 1.807) is 18.2 Å². The first-order valence-corrected chi connectivity index (χ1v) is 11.2. The molecule has 2 N–H and O–H groups in total. The first kappa shape index (κ1) is 29.1. The van der Waals surface area contributed by atoms with E-state index < -0.39 is 5.91 Å². The van der Waals surface area contributed by atoms with Crippen molar-refractivity contribution in [1.82, 2.24) is 10.2 Å². The van der Waals surface area contributed by atoms with Crippen molar-refractivity contribution in [1.29, 1.82) is 0 Å². The number of likely N-dealkylation sites (N-methyl/N-ethyl adjacent to an activating group) is 1. The Bertz CT molecular complexity index is 955. The maximum absolute atomic E-state index is 12.6. The molecule has 0 fully saturated rings. The van der Waals surface area contributed by atoms with Gasteiger partial charge in [0.2, 0.25) is 0 Å². The van der Waals surface area contributed by atoms with Crippen molar-refractivity contribution in [2.45, 2.75) is 13.8 Å². The zero-order valence-electron chi connectivity index (χ0n) is 18.5. The fourth-order valence-electron chi connectivity index (χ4n) is 2.88. The lowest BCUT2D eigenvalue weighted by atomic mass is 10.1. The van der Waals surface area contributed by atoms with E-state index in [2.05, 4.69) is 29.4 Å². The molecule has 0 saturated carbocycles. The van der Waals surface area contributed by atoms with E-state index in [4.69, 9.17) is 44.3 Å². The second-order valence-electron chi connectivity index (χ2n) is 6.70. The molecule has 0 spiro atoms. The molecule has 2 aromatic carbocycles. The number of nitrogens with one attached hydrogen (secondary N) is 2. The molecule has 182 valence electrons. The van der Waals surface area contributed by atoms with Crippen LogP contribution in [0.5, 0.6) is 11.5 Å². The number of nitrogens with zero attached hydrogens (tertiary/aromatic N) is 1. The molecule has 2 rings (SSSR count). The third kappa shape index (κ3) is 8.43. The van der Waals surface area contributed by atoms with Gasteiger partial charge in [-0.05, 0) is 31.3 Å². The lowest BCUT2D eigenvalue weighted by Gasteiger charge is -2.18. The van der Waals surface area contributed by atoms with Crippen LogP contribution in [0.4, 0.5) is 5.69 Å². The molecule has 7 nitrogen and oxygen atoms in total. The summed E-state index contributed by atoms with van der Waals surface area (Å²) in [6.45, 7) is 6.85. The van der Waals surface area contributed by atoms with Gasteiger partial charge < -0.3 is 25.0 Å². The maximum atomic E-state index is 12.6. The summed E-state index contributed by atoms with van der Waals surface area (Å²) in [6.07, 6.45) is 0. The Morgan fingerprint density at radius 1 is 1.03 bits per heavy atom. The Kier molecular flexibility index (Phi) is 12.7. The zero-order chi connectivity index (χ0) is 23.7. The van der Waals surface area contributed by atoms with E-state index in [0.717, 1.165) is 19.6 Å². The summed E-state index contributed by atoms with van der Waals surface area (Å²) in [5.74, 6) is -0.215. The van der Waals surface area contributed by atoms with Gasteiger partial charge in [-0.3, -0.25) is 9.59 Å². The van der Waals surface area contributed by atoms with Gasteiger partial charge in [0.15, 0.2) is 6.61 Å². The number of halogens is 4. The van der Waals surface area contributed by atoms with Gasteiger partial charge in [0, 0.05) is 19.2 Å². The molecule has 0 aliphatic carbocycles. The van der Waals surface area contributed by atoms with Gasteiger partial charge in [0.1, 0.15) is 16.5 Å². The highest BCUT2D eigenvalue weighted by Gasteiger charge is 2.18. The fraction of sp³-hybridized carbons (Fsp3) is 0.364. The lowest BCUT2D eigenvalue weighted by Crippen LogP contribution is -2.35. The number of carbonyl (C=O) groups excluding carboxylic acids is 2. The molecule has 0 aromatic heterocycles. The summed E-state index contributed by atoms with van der Waals surface area (Å²) in [5, 5.41) is 6.23. The third-order valence-corrected chi connectivity index (χ3v) is 5.81. The predicted octanol–water partition coefficient (Wildman–Crippen LogP) is 5.17. The SMILES string of the molecule is CCN(CC)CCNC(=O)c1cc(Cl)c(NC(=O)COc2cccc(Cl)c2Cl)cc1OC.Cl. The number of hydrogen-bond acceptors (Lipinski definition) is 5. The number of benzene rings is 2. The van der Waals surface area contributed by atoms with Crippen LogP contribution in [0.1, 0.15) is 24.2 Å². The summed E-state index contributed by atoms with van der Waals surface area (Å²) in [4.78, 5) is 27.1. The molecule has 0 heterocycles. The molecule has 0 aliphatic heterocycles. The molecule has 33 heavy (non-hydrogen) atoms. The number of hydrogen-bond donors (Lipinski definition) is 2. The van der Waals surface area contributed by atoms with E-state index in [0.29, 0.717) is 11.6 Å². The average molecular weight is 539 g/mol. The molecule has 2 aromatic rings. The van der Waals surface area contributed by atoms with Crippen LogP contribution in [0, 0.1) is 0 Å². The summed E-state index contributed by atoms with van der Waals surface area (Å²) in [5.41, 5.74) is 0.561. The molecule has 0 unspecified atom stereocenters. The van der Waals surface area contributed by atoms with Crippen LogP contribution < -0.4 is 20.1 Å². The van der Waals surface area contributed by atoms with Crippen molar-refractivity contribution in [3.8, 4) is 11.5 Å². The summed E-state index contributed by atoms with van der Waals surface area (Å²) in [7, 11) is 1.44. The van der Waals surface area contributed by atoms with Crippen molar-refractivity contribution in [2.24, 2.45) is 0 Å². The maximum Gasteiger partial charge on any atom is 0.262 e. The highest BCUT2D eigenvalue weighted by Crippen LogP contribution is 2.32. The van der Waals surface area contributed by atoms with Gasteiger partial charge >= 0.3 is 0 Å². The van der Waals surface area contributed by atoms with Crippen LogP contribution >= 0.6 is 47.2 Å². The van der Waals surface area contributed by atoms with Crippen molar-refractivity contribution in [3.05, 3.63) is 51.0 Å². The average Bonchev–Trinajstić information content (AvgIpc) is 2.78. The van der Waals surface area contributed by atoms with Crippen LogP contribution in [0.3, 0.4) is 0 Å². The number of methoxy groups -OCH3 is 1. The second-order valence-corrected chi connectivity index (χ2v) is 7.90. The van der Waals surface area contributed by atoms with Gasteiger partial charge in [-0.25, -0.2) is 0 Å². The monoisotopic (exact) mass is 537 g/mol. The van der Waals surface area contributed by atoms with Crippen LogP contribution in [-0.4, -0.2) is 56.6 Å². The smallest absolute Gasteiger partial charge is 0.262 e. The molecule has 0 radical (unpaired) electrons. The Morgan fingerprint density at radius 3 is 2.36 bits per heavy atom. The van der Waals surface area contributed by atoms with Crippen molar-refractivity contribution < 1.29 is 19.1 Å². The van der Waals surface area contributed by atoms with Crippen LogP contribution in [0.2, 0.25) is 15.1 Å². The van der Waals surface area contributed by atoms with Crippen LogP contribution in [0.25, 0.3) is 0 Å². The Balaban J connectivity index is 0.00000544. The summed E-state index contributed by atoms with van der Waals surface area (Å²) >= 11 is 18.3. The normalized spacial score (nSPS) is 10.4. The summed E-state index contributed by atoms with van der Waals surface area (Å²) in [6, 6.07) is 7.83. The molecule has 2 amide bonds. The number of amides is 2. The number of ether oxygens (including phenoxy) is 2. The van der Waals surface area contributed by atoms with Gasteiger partial charge in [0.05, 0.1) is 28.4 Å². The molecular weight excluding hydrogens is 512 g/mol. The highest BCUT2D eigenvalue weighted by atomic mass is 35.5. The topological polar surface area (TPSA) is 79.9 Å². The molecule has 0 bridgehead atoms. The fourth-order valence-corrected chi connectivity index (χ4v) is 3.44. The van der Waals surface area contributed by atoms with Gasteiger partial charge in [-0.1, -0.05) is 54.7 Å². The zero-order valence-corrected chi connectivity index (χ0v) is 21.6. The second kappa shape index (κ2) is 14.4. The van der Waals surface area contributed by atoms with E-state index in [1.807, 2.05) is 0 Å². The number of rotatable bonds is 11. The Hall–Kier alpha value is -1.90.